The fourth-order valence-corrected chi connectivity index (χ4v) is 2.52. The van der Waals surface area contributed by atoms with Crippen LogP contribution in [0.2, 0.25) is 0 Å². The van der Waals surface area contributed by atoms with E-state index in [9.17, 15) is 4.79 Å². The van der Waals surface area contributed by atoms with Gasteiger partial charge in [0.2, 0.25) is 0 Å². The van der Waals surface area contributed by atoms with Gasteiger partial charge in [-0.1, -0.05) is 0 Å². The number of nitrogens with one attached hydrogen (secondary N) is 2. The molecule has 0 aromatic heterocycles. The molecule has 4 nitrogen and oxygen atoms in total. The van der Waals surface area contributed by atoms with Gasteiger partial charge in [0.1, 0.15) is 5.75 Å². The van der Waals surface area contributed by atoms with Crippen LogP contribution in [0.15, 0.2) is 24.3 Å². The van der Waals surface area contributed by atoms with Crippen LogP contribution in [0.1, 0.15) is 37.0 Å². The second kappa shape index (κ2) is 6.06. The summed E-state index contributed by atoms with van der Waals surface area (Å²) in [6.45, 7) is 4.30. The van der Waals surface area contributed by atoms with Crippen molar-refractivity contribution in [2.24, 2.45) is 0 Å². The first kappa shape index (κ1) is 13.9. The summed E-state index contributed by atoms with van der Waals surface area (Å²) in [5.74, 6) is 0.744. The Hall–Kier alpha value is -1.55. The molecule has 1 aromatic carbocycles. The zero-order chi connectivity index (χ0) is 13.8. The molecule has 0 bridgehead atoms. The second-order valence-electron chi connectivity index (χ2n) is 5.24. The normalized spacial score (nSPS) is 26.8. The summed E-state index contributed by atoms with van der Waals surface area (Å²) < 4.78 is 5.09. The van der Waals surface area contributed by atoms with Crippen molar-refractivity contribution in [2.45, 2.75) is 44.8 Å². The third kappa shape index (κ3) is 3.47. The van der Waals surface area contributed by atoms with Crippen LogP contribution >= 0.6 is 0 Å². The SMILES string of the molecule is COc1ccc(C(=O)NC2CCC(C)NC2C)cc1. The lowest BCUT2D eigenvalue weighted by molar-refractivity contribution is 0.0914. The summed E-state index contributed by atoms with van der Waals surface area (Å²) in [7, 11) is 1.62. The van der Waals surface area contributed by atoms with Crippen molar-refractivity contribution in [3.05, 3.63) is 29.8 Å². The van der Waals surface area contributed by atoms with Crippen molar-refractivity contribution in [3.8, 4) is 5.75 Å². The van der Waals surface area contributed by atoms with Crippen LogP contribution in [-0.4, -0.2) is 31.1 Å². The molecule has 0 saturated carbocycles. The summed E-state index contributed by atoms with van der Waals surface area (Å²) in [6.07, 6.45) is 2.12. The van der Waals surface area contributed by atoms with Crippen LogP contribution in [0.5, 0.6) is 5.75 Å². The highest BCUT2D eigenvalue weighted by Crippen LogP contribution is 2.15. The van der Waals surface area contributed by atoms with Crippen molar-refractivity contribution in [2.75, 3.05) is 7.11 Å². The molecule has 1 aromatic rings. The van der Waals surface area contributed by atoms with Crippen molar-refractivity contribution >= 4 is 5.91 Å². The maximum absolute atomic E-state index is 12.2. The topological polar surface area (TPSA) is 50.4 Å². The van der Waals surface area contributed by atoms with Gasteiger partial charge in [-0.05, 0) is 51.0 Å². The van der Waals surface area contributed by atoms with Crippen molar-refractivity contribution in [1.82, 2.24) is 10.6 Å². The van der Waals surface area contributed by atoms with Gasteiger partial charge in [0.15, 0.2) is 0 Å². The zero-order valence-corrected chi connectivity index (χ0v) is 11.8. The molecule has 4 heteroatoms. The first-order valence-corrected chi connectivity index (χ1v) is 6.81. The molecule has 1 saturated heterocycles. The highest BCUT2D eigenvalue weighted by molar-refractivity contribution is 5.94. The molecule has 1 fully saturated rings. The molecule has 1 aliphatic heterocycles. The molecule has 2 N–H and O–H groups in total. The van der Waals surface area contributed by atoms with Gasteiger partial charge in [-0.25, -0.2) is 0 Å². The Kier molecular flexibility index (Phi) is 4.43. The number of rotatable bonds is 3. The van der Waals surface area contributed by atoms with Crippen LogP contribution in [0, 0.1) is 0 Å². The van der Waals surface area contributed by atoms with E-state index in [-0.39, 0.29) is 11.9 Å². The first-order chi connectivity index (χ1) is 9.10. The molecule has 0 spiro atoms. The summed E-state index contributed by atoms with van der Waals surface area (Å²) in [6, 6.07) is 8.23. The largest absolute Gasteiger partial charge is 0.497 e. The average Bonchev–Trinajstić information content (AvgIpc) is 2.42. The molecular weight excluding hydrogens is 240 g/mol. The highest BCUT2D eigenvalue weighted by Gasteiger charge is 2.26. The summed E-state index contributed by atoms with van der Waals surface area (Å²) in [5, 5.41) is 6.57. The van der Waals surface area contributed by atoms with Gasteiger partial charge in [-0.3, -0.25) is 4.79 Å². The van der Waals surface area contributed by atoms with Crippen molar-refractivity contribution in [1.29, 1.82) is 0 Å². The quantitative estimate of drug-likeness (QED) is 0.875. The molecule has 1 amide bonds. The Morgan fingerprint density at radius 3 is 2.53 bits per heavy atom. The number of hydrogen-bond acceptors (Lipinski definition) is 3. The number of methoxy groups -OCH3 is 1. The number of hydrogen-bond donors (Lipinski definition) is 2. The van der Waals surface area contributed by atoms with E-state index in [0.717, 1.165) is 18.6 Å². The smallest absolute Gasteiger partial charge is 0.251 e. The Labute approximate surface area is 114 Å². The van der Waals surface area contributed by atoms with E-state index in [1.165, 1.54) is 0 Å². The van der Waals surface area contributed by atoms with Gasteiger partial charge in [-0.15, -0.1) is 0 Å². The van der Waals surface area contributed by atoms with Crippen molar-refractivity contribution in [3.63, 3.8) is 0 Å². The lowest BCUT2D eigenvalue weighted by Gasteiger charge is -2.34. The van der Waals surface area contributed by atoms with Crippen LogP contribution < -0.4 is 15.4 Å². The number of carbonyl (C=O) groups is 1. The minimum absolute atomic E-state index is 0.0177. The predicted molar refractivity (Wildman–Crippen MR) is 75.5 cm³/mol. The van der Waals surface area contributed by atoms with E-state index in [0.29, 0.717) is 17.6 Å². The lowest BCUT2D eigenvalue weighted by Crippen LogP contribution is -2.54. The van der Waals surface area contributed by atoms with E-state index in [2.05, 4.69) is 24.5 Å². The van der Waals surface area contributed by atoms with E-state index in [4.69, 9.17) is 4.74 Å². The van der Waals surface area contributed by atoms with E-state index in [1.54, 1.807) is 31.4 Å². The second-order valence-corrected chi connectivity index (χ2v) is 5.24. The maximum atomic E-state index is 12.2. The summed E-state index contributed by atoms with van der Waals surface area (Å²) in [4.78, 5) is 12.2. The van der Waals surface area contributed by atoms with E-state index >= 15 is 0 Å². The lowest BCUT2D eigenvalue weighted by atomic mass is 9.95. The minimum atomic E-state index is -0.0177. The van der Waals surface area contributed by atoms with Crippen molar-refractivity contribution < 1.29 is 9.53 Å². The molecule has 19 heavy (non-hydrogen) atoms. The highest BCUT2D eigenvalue weighted by atomic mass is 16.5. The zero-order valence-electron chi connectivity index (χ0n) is 11.8. The summed E-state index contributed by atoms with van der Waals surface area (Å²) >= 11 is 0. The molecule has 3 unspecified atom stereocenters. The molecular formula is C15H22N2O2. The Morgan fingerprint density at radius 1 is 1.26 bits per heavy atom. The molecule has 1 aliphatic rings. The Bertz CT molecular complexity index is 430. The van der Waals surface area contributed by atoms with Gasteiger partial charge < -0.3 is 15.4 Å². The average molecular weight is 262 g/mol. The van der Waals surface area contributed by atoms with E-state index in [1.807, 2.05) is 0 Å². The van der Waals surface area contributed by atoms with Gasteiger partial charge in [-0.2, -0.15) is 0 Å². The van der Waals surface area contributed by atoms with Gasteiger partial charge in [0.05, 0.1) is 7.11 Å². The molecule has 3 atom stereocenters. The predicted octanol–water partition coefficient (Wildman–Crippen LogP) is 1.95. The van der Waals surface area contributed by atoms with Crippen LogP contribution in [0.4, 0.5) is 0 Å². The summed E-state index contributed by atoms with van der Waals surface area (Å²) in [5.41, 5.74) is 0.673. The maximum Gasteiger partial charge on any atom is 0.251 e. The van der Waals surface area contributed by atoms with Crippen LogP contribution in [0.25, 0.3) is 0 Å². The Morgan fingerprint density at radius 2 is 1.95 bits per heavy atom. The van der Waals surface area contributed by atoms with Gasteiger partial charge in [0.25, 0.3) is 5.91 Å². The number of amides is 1. The van der Waals surface area contributed by atoms with Gasteiger partial charge in [0, 0.05) is 23.7 Å². The molecule has 104 valence electrons. The fourth-order valence-electron chi connectivity index (χ4n) is 2.52. The third-order valence-corrected chi connectivity index (χ3v) is 3.73. The van der Waals surface area contributed by atoms with Crippen LogP contribution in [0.3, 0.4) is 0 Å². The van der Waals surface area contributed by atoms with E-state index < -0.39 is 0 Å². The fraction of sp³-hybridized carbons (Fsp3) is 0.533. The number of piperidine rings is 1. The van der Waals surface area contributed by atoms with Crippen LogP contribution in [-0.2, 0) is 0 Å². The molecule has 0 radical (unpaired) electrons. The first-order valence-electron chi connectivity index (χ1n) is 6.81. The number of carbonyl (C=O) groups excluding carboxylic acids is 1. The van der Waals surface area contributed by atoms with Gasteiger partial charge >= 0.3 is 0 Å². The number of benzene rings is 1. The monoisotopic (exact) mass is 262 g/mol. The molecule has 0 aliphatic carbocycles. The minimum Gasteiger partial charge on any atom is -0.497 e. The standard InChI is InChI=1S/C15H22N2O2/c1-10-4-9-14(11(2)16-10)17-15(18)12-5-7-13(19-3)8-6-12/h5-8,10-11,14,16H,4,9H2,1-3H3,(H,17,18). The number of ether oxygens (including phenoxy) is 1. The third-order valence-electron chi connectivity index (χ3n) is 3.73. The molecule has 1 heterocycles. The Balaban J connectivity index is 1.96. The molecule has 2 rings (SSSR count).